The summed E-state index contributed by atoms with van der Waals surface area (Å²) in [5.74, 6) is 0.896. The van der Waals surface area contributed by atoms with Crippen molar-refractivity contribution in [2.45, 2.75) is 32.7 Å². The summed E-state index contributed by atoms with van der Waals surface area (Å²) in [6.07, 6.45) is 0.878. The lowest BCUT2D eigenvalue weighted by Gasteiger charge is -2.12. The minimum absolute atomic E-state index is 0.184. The molecule has 100 valence electrons. The molecule has 0 fully saturated rings. The Labute approximate surface area is 113 Å². The van der Waals surface area contributed by atoms with E-state index in [9.17, 15) is 4.79 Å². The summed E-state index contributed by atoms with van der Waals surface area (Å²) in [5.41, 5.74) is 0.846. The minimum atomic E-state index is 0.184. The van der Waals surface area contributed by atoms with Crippen molar-refractivity contribution < 1.29 is 9.53 Å². The molecule has 1 rings (SSSR count). The Morgan fingerprint density at radius 1 is 1.50 bits per heavy atom. The molecule has 0 saturated carbocycles. The minimum Gasteiger partial charge on any atom is -0.496 e. The highest BCUT2D eigenvalue weighted by Crippen LogP contribution is 2.23. The maximum atomic E-state index is 11.9. The molecule has 0 aromatic heterocycles. The molecule has 0 aliphatic heterocycles. The molecule has 0 amide bonds. The number of nitrogens with one attached hydrogen (secondary N) is 1. The first kappa shape index (κ1) is 15.0. The molecule has 1 unspecified atom stereocenters. The van der Waals surface area contributed by atoms with Crippen molar-refractivity contribution in [1.82, 2.24) is 5.32 Å². The van der Waals surface area contributed by atoms with Gasteiger partial charge in [0, 0.05) is 29.5 Å². The fourth-order valence-electron chi connectivity index (χ4n) is 1.93. The van der Waals surface area contributed by atoms with Crippen LogP contribution in [-0.2, 0) is 11.2 Å². The predicted octanol–water partition coefficient (Wildman–Crippen LogP) is 2.85. The molecule has 18 heavy (non-hydrogen) atoms. The van der Waals surface area contributed by atoms with Crippen molar-refractivity contribution in [1.29, 1.82) is 0 Å². The van der Waals surface area contributed by atoms with Gasteiger partial charge in [0.15, 0.2) is 0 Å². The Hall–Kier alpha value is -1.06. The van der Waals surface area contributed by atoms with Crippen LogP contribution in [0.4, 0.5) is 0 Å². The Balaban J connectivity index is 2.66. The fraction of sp³-hybridized carbons (Fsp3) is 0.500. The standard InChI is InChI=1S/C14H20ClNO2/c1-4-16-10(2)7-13(17)9-11-8-12(15)5-6-14(11)18-3/h5-6,8,10,16H,4,7,9H2,1-3H3. The van der Waals surface area contributed by atoms with E-state index in [1.807, 2.05) is 13.8 Å². The van der Waals surface area contributed by atoms with Gasteiger partial charge in [-0.3, -0.25) is 4.79 Å². The first-order valence-electron chi connectivity index (χ1n) is 6.14. The van der Waals surface area contributed by atoms with Crippen molar-refractivity contribution >= 4 is 17.4 Å². The molecule has 0 spiro atoms. The number of ether oxygens (including phenoxy) is 1. The lowest BCUT2D eigenvalue weighted by molar-refractivity contribution is -0.118. The Kier molecular flexibility index (Phi) is 6.16. The number of hydrogen-bond acceptors (Lipinski definition) is 3. The van der Waals surface area contributed by atoms with Crippen molar-refractivity contribution in [3.8, 4) is 5.75 Å². The summed E-state index contributed by atoms with van der Waals surface area (Å²) in [6.45, 7) is 4.91. The number of carbonyl (C=O) groups is 1. The molecule has 1 atom stereocenters. The largest absolute Gasteiger partial charge is 0.496 e. The SMILES string of the molecule is CCNC(C)CC(=O)Cc1cc(Cl)ccc1OC. The third kappa shape index (κ3) is 4.67. The van der Waals surface area contributed by atoms with E-state index in [0.717, 1.165) is 12.1 Å². The van der Waals surface area contributed by atoms with Crippen LogP contribution in [-0.4, -0.2) is 25.5 Å². The van der Waals surface area contributed by atoms with E-state index in [0.29, 0.717) is 23.6 Å². The summed E-state index contributed by atoms with van der Waals surface area (Å²) in [7, 11) is 1.60. The summed E-state index contributed by atoms with van der Waals surface area (Å²) < 4.78 is 5.23. The highest BCUT2D eigenvalue weighted by Gasteiger charge is 2.12. The zero-order valence-electron chi connectivity index (χ0n) is 11.1. The molecule has 1 aromatic carbocycles. The third-order valence-corrected chi connectivity index (χ3v) is 2.95. The molecule has 0 heterocycles. The van der Waals surface area contributed by atoms with Gasteiger partial charge in [-0.2, -0.15) is 0 Å². The van der Waals surface area contributed by atoms with Gasteiger partial charge in [-0.25, -0.2) is 0 Å². The second-order valence-corrected chi connectivity index (χ2v) is 4.77. The summed E-state index contributed by atoms with van der Waals surface area (Å²) >= 11 is 5.93. The van der Waals surface area contributed by atoms with Crippen molar-refractivity contribution in [2.75, 3.05) is 13.7 Å². The van der Waals surface area contributed by atoms with Crippen LogP contribution in [0.15, 0.2) is 18.2 Å². The lowest BCUT2D eigenvalue weighted by Crippen LogP contribution is -2.28. The monoisotopic (exact) mass is 269 g/mol. The Morgan fingerprint density at radius 2 is 2.22 bits per heavy atom. The first-order valence-corrected chi connectivity index (χ1v) is 6.52. The average Bonchev–Trinajstić information content (AvgIpc) is 2.29. The summed E-state index contributed by atoms with van der Waals surface area (Å²) in [5, 5.41) is 3.85. The maximum Gasteiger partial charge on any atom is 0.138 e. The van der Waals surface area contributed by atoms with Crippen LogP contribution in [0.3, 0.4) is 0 Å². The molecule has 0 bridgehead atoms. The van der Waals surface area contributed by atoms with Gasteiger partial charge in [-0.1, -0.05) is 18.5 Å². The van der Waals surface area contributed by atoms with Crippen molar-refractivity contribution in [3.63, 3.8) is 0 Å². The van der Waals surface area contributed by atoms with Crippen LogP contribution < -0.4 is 10.1 Å². The van der Waals surface area contributed by atoms with Crippen LogP contribution >= 0.6 is 11.6 Å². The first-order chi connectivity index (χ1) is 8.56. The van der Waals surface area contributed by atoms with Gasteiger partial charge in [0.25, 0.3) is 0 Å². The van der Waals surface area contributed by atoms with Gasteiger partial charge in [0.05, 0.1) is 7.11 Å². The van der Waals surface area contributed by atoms with Crippen LogP contribution in [0, 0.1) is 0 Å². The smallest absolute Gasteiger partial charge is 0.138 e. The van der Waals surface area contributed by atoms with Crippen molar-refractivity contribution in [3.05, 3.63) is 28.8 Å². The van der Waals surface area contributed by atoms with Gasteiger partial charge in [0.1, 0.15) is 11.5 Å². The molecule has 0 aliphatic rings. The number of ketones is 1. The summed E-state index contributed by atoms with van der Waals surface area (Å²) in [4.78, 5) is 11.9. The molecule has 4 heteroatoms. The Morgan fingerprint density at radius 3 is 2.83 bits per heavy atom. The van der Waals surface area contributed by atoms with E-state index in [4.69, 9.17) is 16.3 Å². The van der Waals surface area contributed by atoms with Crippen LogP contribution in [0.5, 0.6) is 5.75 Å². The predicted molar refractivity (Wildman–Crippen MR) is 74.5 cm³/mol. The molecule has 0 radical (unpaired) electrons. The summed E-state index contributed by atoms with van der Waals surface area (Å²) in [6, 6.07) is 5.54. The number of hydrogen-bond donors (Lipinski definition) is 1. The molecule has 0 aliphatic carbocycles. The number of halogens is 1. The highest BCUT2D eigenvalue weighted by molar-refractivity contribution is 6.30. The van der Waals surface area contributed by atoms with E-state index in [2.05, 4.69) is 5.32 Å². The van der Waals surface area contributed by atoms with E-state index < -0.39 is 0 Å². The van der Waals surface area contributed by atoms with Crippen LogP contribution in [0.2, 0.25) is 5.02 Å². The zero-order valence-corrected chi connectivity index (χ0v) is 11.9. The van der Waals surface area contributed by atoms with E-state index in [-0.39, 0.29) is 11.8 Å². The quantitative estimate of drug-likeness (QED) is 0.827. The van der Waals surface area contributed by atoms with E-state index >= 15 is 0 Å². The molecule has 1 aromatic rings. The van der Waals surface area contributed by atoms with E-state index in [1.165, 1.54) is 0 Å². The third-order valence-electron chi connectivity index (χ3n) is 2.72. The molecule has 3 nitrogen and oxygen atoms in total. The average molecular weight is 270 g/mol. The number of benzene rings is 1. The maximum absolute atomic E-state index is 11.9. The fourth-order valence-corrected chi connectivity index (χ4v) is 2.13. The topological polar surface area (TPSA) is 38.3 Å². The van der Waals surface area contributed by atoms with Crippen LogP contribution in [0.25, 0.3) is 0 Å². The number of Topliss-reactive ketones (excluding diaryl/α,β-unsaturated/α-hetero) is 1. The van der Waals surface area contributed by atoms with Gasteiger partial charge in [0.2, 0.25) is 0 Å². The van der Waals surface area contributed by atoms with Gasteiger partial charge in [-0.15, -0.1) is 0 Å². The molecule has 1 N–H and O–H groups in total. The number of carbonyl (C=O) groups excluding carboxylic acids is 1. The second kappa shape index (κ2) is 7.39. The zero-order chi connectivity index (χ0) is 13.5. The Bertz CT molecular complexity index is 407. The van der Waals surface area contributed by atoms with E-state index in [1.54, 1.807) is 25.3 Å². The number of rotatable bonds is 7. The number of methoxy groups -OCH3 is 1. The van der Waals surface area contributed by atoms with Gasteiger partial charge >= 0.3 is 0 Å². The molecular weight excluding hydrogens is 250 g/mol. The molecular formula is C14H20ClNO2. The highest BCUT2D eigenvalue weighted by atomic mass is 35.5. The van der Waals surface area contributed by atoms with Gasteiger partial charge in [-0.05, 0) is 31.7 Å². The van der Waals surface area contributed by atoms with Crippen LogP contribution in [0.1, 0.15) is 25.8 Å². The second-order valence-electron chi connectivity index (χ2n) is 4.33. The lowest BCUT2D eigenvalue weighted by atomic mass is 10.0. The molecule has 0 saturated heterocycles. The van der Waals surface area contributed by atoms with Gasteiger partial charge < -0.3 is 10.1 Å². The van der Waals surface area contributed by atoms with Crippen molar-refractivity contribution in [2.24, 2.45) is 0 Å². The normalized spacial score (nSPS) is 12.2.